The van der Waals surface area contributed by atoms with Gasteiger partial charge in [-0.3, -0.25) is 10.1 Å². The molecule has 1 aromatic carbocycles. The monoisotopic (exact) mass is 342 g/mol. The first kappa shape index (κ1) is 16.4. The Balaban J connectivity index is 1.89. The topological polar surface area (TPSA) is 109 Å². The van der Waals surface area contributed by atoms with E-state index in [1.807, 2.05) is 0 Å². The van der Waals surface area contributed by atoms with Crippen LogP contribution in [0.15, 0.2) is 36.7 Å². The van der Waals surface area contributed by atoms with Gasteiger partial charge >= 0.3 is 17.7 Å². The van der Waals surface area contributed by atoms with Crippen LogP contribution in [-0.2, 0) is 11.8 Å². The molecule has 0 atom stereocenters. The summed E-state index contributed by atoms with van der Waals surface area (Å²) >= 11 is 0. The summed E-state index contributed by atoms with van der Waals surface area (Å²) in [6.07, 6.45) is 2.14. The molecule has 25 heavy (non-hydrogen) atoms. The molecular formula is C16H14N4O5. The maximum atomic E-state index is 11.9. The maximum absolute atomic E-state index is 11.9. The van der Waals surface area contributed by atoms with E-state index < -0.39 is 10.9 Å². The maximum Gasteiger partial charge on any atom is 0.354 e. The Hall–Kier alpha value is -3.49. The first-order chi connectivity index (χ1) is 12.0. The van der Waals surface area contributed by atoms with Crippen LogP contribution in [0, 0.1) is 10.1 Å². The summed E-state index contributed by atoms with van der Waals surface area (Å²) in [4.78, 5) is 29.6. The molecule has 0 aliphatic rings. The molecule has 0 aliphatic heterocycles. The number of rotatable bonds is 5. The minimum absolute atomic E-state index is 0.00947. The lowest BCUT2D eigenvalue weighted by Crippen LogP contribution is -2.09. The summed E-state index contributed by atoms with van der Waals surface area (Å²) in [6.45, 7) is 2.04. The second kappa shape index (κ2) is 6.56. The van der Waals surface area contributed by atoms with Crippen molar-refractivity contribution < 1.29 is 19.2 Å². The van der Waals surface area contributed by atoms with E-state index >= 15 is 0 Å². The molecule has 0 fully saturated rings. The highest BCUT2D eigenvalue weighted by atomic mass is 16.6. The predicted octanol–water partition coefficient (Wildman–Crippen LogP) is 2.85. The highest BCUT2D eigenvalue weighted by Crippen LogP contribution is 2.26. The molecule has 3 rings (SSSR count). The molecule has 0 amide bonds. The summed E-state index contributed by atoms with van der Waals surface area (Å²) in [5.74, 6) is 0.0420. The molecule has 9 nitrogen and oxygen atoms in total. The Kier molecular flexibility index (Phi) is 4.29. The predicted molar refractivity (Wildman–Crippen MR) is 87.6 cm³/mol. The van der Waals surface area contributed by atoms with Gasteiger partial charge in [0.05, 0.1) is 17.0 Å². The summed E-state index contributed by atoms with van der Waals surface area (Å²) < 4.78 is 12.3. The quantitative estimate of drug-likeness (QED) is 0.398. The number of esters is 1. The van der Waals surface area contributed by atoms with Crippen LogP contribution in [0.4, 0.5) is 5.69 Å². The van der Waals surface area contributed by atoms with E-state index in [1.165, 1.54) is 0 Å². The first-order valence-electron chi connectivity index (χ1n) is 7.40. The molecule has 0 aliphatic carbocycles. The Morgan fingerprint density at radius 3 is 2.64 bits per heavy atom. The van der Waals surface area contributed by atoms with Gasteiger partial charge in [0.15, 0.2) is 0 Å². The fraction of sp³-hybridized carbons (Fsp3) is 0.188. The van der Waals surface area contributed by atoms with Crippen molar-refractivity contribution in [3.8, 4) is 11.8 Å². The van der Waals surface area contributed by atoms with Gasteiger partial charge in [0.25, 0.3) is 0 Å². The average Bonchev–Trinajstić information content (AvgIpc) is 2.92. The lowest BCUT2D eigenvalue weighted by Gasteiger charge is -2.05. The van der Waals surface area contributed by atoms with Crippen LogP contribution in [0.25, 0.3) is 10.9 Å². The molecule has 2 aromatic heterocycles. The Morgan fingerprint density at radius 2 is 2.00 bits per heavy atom. The molecule has 0 bridgehead atoms. The Labute approximate surface area is 142 Å². The number of hydrogen-bond donors (Lipinski definition) is 0. The van der Waals surface area contributed by atoms with Gasteiger partial charge in [0.1, 0.15) is 23.8 Å². The van der Waals surface area contributed by atoms with Gasteiger partial charge in [0, 0.05) is 18.5 Å². The van der Waals surface area contributed by atoms with E-state index in [0.29, 0.717) is 18.1 Å². The van der Waals surface area contributed by atoms with Crippen molar-refractivity contribution in [2.45, 2.75) is 6.92 Å². The molecule has 0 unspecified atom stereocenters. The highest BCUT2D eigenvalue weighted by Gasteiger charge is 2.15. The molecule has 0 N–H and O–H groups in total. The summed E-state index contributed by atoms with van der Waals surface area (Å²) in [7, 11) is 1.75. The van der Waals surface area contributed by atoms with Crippen LogP contribution in [0.2, 0.25) is 0 Å². The van der Waals surface area contributed by atoms with Gasteiger partial charge in [-0.2, -0.15) is 9.97 Å². The number of carbonyl (C=O) groups is 1. The normalized spacial score (nSPS) is 10.6. The van der Waals surface area contributed by atoms with Crippen molar-refractivity contribution in [1.82, 2.24) is 14.5 Å². The van der Waals surface area contributed by atoms with Gasteiger partial charge < -0.3 is 14.0 Å². The van der Waals surface area contributed by atoms with E-state index in [4.69, 9.17) is 9.47 Å². The second-order valence-corrected chi connectivity index (χ2v) is 5.11. The number of carbonyl (C=O) groups excluding carboxylic acids is 1. The number of nitro groups is 1. The van der Waals surface area contributed by atoms with Gasteiger partial charge in [-0.1, -0.05) is 0 Å². The van der Waals surface area contributed by atoms with Crippen molar-refractivity contribution in [3.05, 3.63) is 52.5 Å². The molecule has 2 heterocycles. The van der Waals surface area contributed by atoms with Gasteiger partial charge in [0.2, 0.25) is 0 Å². The molecule has 3 aromatic rings. The number of nitrogens with zero attached hydrogens (tertiary/aromatic N) is 4. The minimum atomic E-state index is -0.587. The zero-order chi connectivity index (χ0) is 18.0. The zero-order valence-corrected chi connectivity index (χ0v) is 13.5. The number of benzene rings is 1. The van der Waals surface area contributed by atoms with Crippen molar-refractivity contribution >= 4 is 22.6 Å². The van der Waals surface area contributed by atoms with Crippen LogP contribution < -0.4 is 4.74 Å². The molecular weight excluding hydrogens is 328 g/mol. The van der Waals surface area contributed by atoms with Gasteiger partial charge in [-0.25, -0.2) is 4.79 Å². The van der Waals surface area contributed by atoms with Crippen molar-refractivity contribution in [1.29, 1.82) is 0 Å². The van der Waals surface area contributed by atoms with E-state index in [9.17, 15) is 14.9 Å². The van der Waals surface area contributed by atoms with Crippen LogP contribution in [-0.4, -0.2) is 32.0 Å². The van der Waals surface area contributed by atoms with Crippen LogP contribution in [0.5, 0.6) is 11.8 Å². The summed E-state index contributed by atoms with van der Waals surface area (Å²) in [5, 5.41) is 11.5. The third-order valence-corrected chi connectivity index (χ3v) is 3.54. The molecule has 0 saturated heterocycles. The van der Waals surface area contributed by atoms with E-state index in [0.717, 1.165) is 23.3 Å². The third-order valence-electron chi connectivity index (χ3n) is 3.54. The Bertz CT molecular complexity index is 949. The van der Waals surface area contributed by atoms with Crippen LogP contribution in [0.1, 0.15) is 17.4 Å². The second-order valence-electron chi connectivity index (χ2n) is 5.11. The zero-order valence-electron chi connectivity index (χ0n) is 13.5. The standard InChI is InChI=1S/C16H14N4O5/c1-3-24-15(21)14-6-10-4-5-12(7-13(10)19(14)2)25-16-17-8-11(9-18-16)20(22)23/h4-9H,3H2,1-2H3. The molecule has 9 heteroatoms. The molecule has 0 spiro atoms. The van der Waals surface area contributed by atoms with E-state index in [1.54, 1.807) is 42.8 Å². The fourth-order valence-corrected chi connectivity index (χ4v) is 2.34. The van der Waals surface area contributed by atoms with Gasteiger partial charge in [-0.05, 0) is 25.1 Å². The SMILES string of the molecule is CCOC(=O)c1cc2ccc(Oc3ncc([N+](=O)[O-])cn3)cc2n1C. The lowest BCUT2D eigenvalue weighted by atomic mass is 10.2. The summed E-state index contributed by atoms with van der Waals surface area (Å²) in [5.41, 5.74) is 0.979. The number of hydrogen-bond acceptors (Lipinski definition) is 7. The molecule has 0 saturated carbocycles. The van der Waals surface area contributed by atoms with E-state index in [2.05, 4.69) is 9.97 Å². The Morgan fingerprint density at radius 1 is 1.28 bits per heavy atom. The number of ether oxygens (including phenoxy) is 2. The first-order valence-corrected chi connectivity index (χ1v) is 7.40. The van der Waals surface area contributed by atoms with Crippen molar-refractivity contribution in [3.63, 3.8) is 0 Å². The minimum Gasteiger partial charge on any atom is -0.461 e. The summed E-state index contributed by atoms with van der Waals surface area (Å²) in [6, 6.07) is 6.94. The van der Waals surface area contributed by atoms with Crippen molar-refractivity contribution in [2.75, 3.05) is 6.61 Å². The fourth-order valence-electron chi connectivity index (χ4n) is 2.34. The average molecular weight is 342 g/mol. The number of aryl methyl sites for hydroxylation is 1. The number of aromatic nitrogens is 3. The largest absolute Gasteiger partial charge is 0.461 e. The highest BCUT2D eigenvalue weighted by molar-refractivity contribution is 5.96. The molecule has 0 radical (unpaired) electrons. The lowest BCUT2D eigenvalue weighted by molar-refractivity contribution is -0.385. The third kappa shape index (κ3) is 3.25. The smallest absolute Gasteiger partial charge is 0.354 e. The van der Waals surface area contributed by atoms with E-state index in [-0.39, 0.29) is 11.7 Å². The van der Waals surface area contributed by atoms with Crippen LogP contribution in [0.3, 0.4) is 0 Å². The van der Waals surface area contributed by atoms with Crippen molar-refractivity contribution in [2.24, 2.45) is 7.05 Å². The van der Waals surface area contributed by atoms with Crippen LogP contribution >= 0.6 is 0 Å². The molecule has 128 valence electrons. The van der Waals surface area contributed by atoms with Gasteiger partial charge in [-0.15, -0.1) is 0 Å². The number of fused-ring (bicyclic) bond motifs is 1.